The van der Waals surface area contributed by atoms with Gasteiger partial charge in [-0.1, -0.05) is 0 Å². The Balaban J connectivity index is 2.41. The van der Waals surface area contributed by atoms with Gasteiger partial charge in [0.1, 0.15) is 5.82 Å². The average Bonchev–Trinajstić information content (AvgIpc) is 2.32. The fourth-order valence-electron chi connectivity index (χ4n) is 1.05. The van der Waals surface area contributed by atoms with Crippen molar-refractivity contribution < 1.29 is 14.3 Å². The lowest BCUT2D eigenvalue weighted by molar-refractivity contribution is 0.168. The van der Waals surface area contributed by atoms with E-state index in [-0.39, 0.29) is 0 Å². The molecule has 1 amide bonds. The summed E-state index contributed by atoms with van der Waals surface area (Å²) in [7, 11) is 1.62. The summed E-state index contributed by atoms with van der Waals surface area (Å²) in [6, 6.07) is 3.35. The molecule has 0 unspecified atom stereocenters. The zero-order valence-corrected chi connectivity index (χ0v) is 9.90. The summed E-state index contributed by atoms with van der Waals surface area (Å²) in [5.41, 5.74) is 0. The Kier molecular flexibility index (Phi) is 5.73. The van der Waals surface area contributed by atoms with Crippen molar-refractivity contribution in [2.75, 3.05) is 37.5 Å². The van der Waals surface area contributed by atoms with Crippen molar-refractivity contribution in [1.82, 2.24) is 10.2 Å². The summed E-state index contributed by atoms with van der Waals surface area (Å²) >= 11 is 0. The first kappa shape index (κ1) is 13.2. The van der Waals surface area contributed by atoms with Gasteiger partial charge in [-0.05, 0) is 19.1 Å². The second-order valence-corrected chi connectivity index (χ2v) is 3.07. The van der Waals surface area contributed by atoms with E-state index in [0.29, 0.717) is 31.4 Å². The Morgan fingerprint density at radius 1 is 1.35 bits per heavy atom. The highest BCUT2D eigenvalue weighted by atomic mass is 16.5. The van der Waals surface area contributed by atoms with Crippen LogP contribution in [0.3, 0.4) is 0 Å². The van der Waals surface area contributed by atoms with Crippen molar-refractivity contribution in [2.45, 2.75) is 6.92 Å². The Hall–Kier alpha value is -1.89. The molecule has 0 aliphatic carbocycles. The molecule has 1 rings (SSSR count). The Labute approximate surface area is 99.5 Å². The van der Waals surface area contributed by atoms with Gasteiger partial charge in [-0.15, -0.1) is 10.2 Å². The van der Waals surface area contributed by atoms with Gasteiger partial charge in [0.05, 0.1) is 13.2 Å². The van der Waals surface area contributed by atoms with Gasteiger partial charge in [-0.25, -0.2) is 4.79 Å². The number of ether oxygens (including phenoxy) is 2. The molecule has 0 aliphatic rings. The summed E-state index contributed by atoms with van der Waals surface area (Å²) in [6.45, 7) is 3.28. The van der Waals surface area contributed by atoms with Crippen molar-refractivity contribution >= 4 is 17.7 Å². The van der Waals surface area contributed by atoms with Crippen molar-refractivity contribution in [3.05, 3.63) is 12.1 Å². The number of carbonyl (C=O) groups is 1. The quantitative estimate of drug-likeness (QED) is 0.724. The molecule has 1 aromatic rings. The van der Waals surface area contributed by atoms with Gasteiger partial charge < -0.3 is 14.8 Å². The fourth-order valence-corrected chi connectivity index (χ4v) is 1.05. The SMILES string of the molecule is CCOC(=O)Nc1ccc(NCCOC)nn1. The molecule has 0 bridgehead atoms. The number of aromatic nitrogens is 2. The van der Waals surface area contributed by atoms with Crippen LogP contribution >= 0.6 is 0 Å². The third kappa shape index (κ3) is 5.12. The second kappa shape index (κ2) is 7.39. The van der Waals surface area contributed by atoms with Gasteiger partial charge in [0, 0.05) is 13.7 Å². The summed E-state index contributed by atoms with van der Waals surface area (Å²) in [5, 5.41) is 13.1. The monoisotopic (exact) mass is 240 g/mol. The molecule has 2 N–H and O–H groups in total. The molecule has 7 heteroatoms. The lowest BCUT2D eigenvalue weighted by Gasteiger charge is -2.06. The molecule has 0 aliphatic heterocycles. The lowest BCUT2D eigenvalue weighted by atomic mass is 10.5. The number of rotatable bonds is 6. The maximum absolute atomic E-state index is 11.1. The highest BCUT2D eigenvalue weighted by molar-refractivity contribution is 5.83. The standard InChI is InChI=1S/C10H16N4O3/c1-3-17-10(15)12-9-5-4-8(13-14-9)11-6-7-16-2/h4-5H,3,6-7H2,1-2H3,(H,11,13)(H,12,14,15). The fraction of sp³-hybridized carbons (Fsp3) is 0.500. The summed E-state index contributed by atoms with van der Waals surface area (Å²) in [6.07, 6.45) is -0.540. The number of hydrogen-bond acceptors (Lipinski definition) is 6. The van der Waals surface area contributed by atoms with E-state index in [2.05, 4.69) is 20.8 Å². The molecular formula is C10H16N4O3. The van der Waals surface area contributed by atoms with E-state index in [9.17, 15) is 4.79 Å². The van der Waals surface area contributed by atoms with Gasteiger partial charge >= 0.3 is 6.09 Å². The number of amides is 1. The largest absolute Gasteiger partial charge is 0.450 e. The summed E-state index contributed by atoms with van der Waals surface area (Å²) in [5.74, 6) is 0.970. The molecule has 0 saturated heterocycles. The number of carbonyl (C=O) groups excluding carboxylic acids is 1. The number of nitrogens with one attached hydrogen (secondary N) is 2. The third-order valence-electron chi connectivity index (χ3n) is 1.78. The van der Waals surface area contributed by atoms with Gasteiger partial charge in [0.2, 0.25) is 0 Å². The normalized spacial score (nSPS) is 9.76. The molecule has 1 heterocycles. The van der Waals surface area contributed by atoms with E-state index in [1.807, 2.05) is 0 Å². The number of hydrogen-bond donors (Lipinski definition) is 2. The van der Waals surface area contributed by atoms with Crippen LogP contribution in [0.4, 0.5) is 16.4 Å². The minimum atomic E-state index is -0.540. The molecule has 0 spiro atoms. The van der Waals surface area contributed by atoms with Gasteiger partial charge in [-0.3, -0.25) is 5.32 Å². The Bertz CT molecular complexity index is 342. The minimum Gasteiger partial charge on any atom is -0.450 e. The summed E-state index contributed by atoms with van der Waals surface area (Å²) < 4.78 is 9.59. The van der Waals surface area contributed by atoms with Crippen LogP contribution in [0.5, 0.6) is 0 Å². The van der Waals surface area contributed by atoms with Crippen LogP contribution in [0.2, 0.25) is 0 Å². The predicted molar refractivity (Wildman–Crippen MR) is 63.0 cm³/mol. The van der Waals surface area contributed by atoms with Crippen molar-refractivity contribution in [1.29, 1.82) is 0 Å². The second-order valence-electron chi connectivity index (χ2n) is 3.07. The van der Waals surface area contributed by atoms with Crippen LogP contribution in [0.15, 0.2) is 12.1 Å². The first-order chi connectivity index (χ1) is 8.26. The number of methoxy groups -OCH3 is 1. The van der Waals surface area contributed by atoms with Crippen LogP contribution in [0.1, 0.15) is 6.92 Å². The molecular weight excluding hydrogens is 224 g/mol. The lowest BCUT2D eigenvalue weighted by Crippen LogP contribution is -2.15. The van der Waals surface area contributed by atoms with Crippen LogP contribution < -0.4 is 10.6 Å². The third-order valence-corrected chi connectivity index (χ3v) is 1.78. The van der Waals surface area contributed by atoms with Crippen molar-refractivity contribution in [2.24, 2.45) is 0 Å². The molecule has 0 fully saturated rings. The topological polar surface area (TPSA) is 85.4 Å². The van der Waals surface area contributed by atoms with Crippen molar-refractivity contribution in [3.8, 4) is 0 Å². The number of nitrogens with zero attached hydrogens (tertiary/aromatic N) is 2. The van der Waals surface area contributed by atoms with Crippen LogP contribution in [0.25, 0.3) is 0 Å². The van der Waals surface area contributed by atoms with Crippen LogP contribution in [0, 0.1) is 0 Å². The Morgan fingerprint density at radius 3 is 2.65 bits per heavy atom. The molecule has 0 aromatic carbocycles. The number of anilines is 2. The van der Waals surface area contributed by atoms with E-state index < -0.39 is 6.09 Å². The van der Waals surface area contributed by atoms with E-state index in [1.54, 1.807) is 26.2 Å². The van der Waals surface area contributed by atoms with Gasteiger partial charge in [0.25, 0.3) is 0 Å². The Morgan fingerprint density at radius 2 is 2.06 bits per heavy atom. The zero-order valence-electron chi connectivity index (χ0n) is 9.90. The van der Waals surface area contributed by atoms with Crippen LogP contribution in [-0.4, -0.2) is 43.2 Å². The van der Waals surface area contributed by atoms with Crippen LogP contribution in [-0.2, 0) is 9.47 Å². The zero-order chi connectivity index (χ0) is 12.5. The highest BCUT2D eigenvalue weighted by Crippen LogP contribution is 2.05. The van der Waals surface area contributed by atoms with Gasteiger partial charge in [0.15, 0.2) is 5.82 Å². The average molecular weight is 240 g/mol. The van der Waals surface area contributed by atoms with E-state index in [4.69, 9.17) is 9.47 Å². The smallest absolute Gasteiger partial charge is 0.412 e. The molecule has 17 heavy (non-hydrogen) atoms. The first-order valence-electron chi connectivity index (χ1n) is 5.26. The molecule has 7 nitrogen and oxygen atoms in total. The molecule has 94 valence electrons. The molecule has 0 atom stereocenters. The highest BCUT2D eigenvalue weighted by Gasteiger charge is 2.03. The predicted octanol–water partition coefficient (Wildman–Crippen LogP) is 1.10. The van der Waals surface area contributed by atoms with E-state index >= 15 is 0 Å². The first-order valence-corrected chi connectivity index (χ1v) is 5.26. The maximum Gasteiger partial charge on any atom is 0.412 e. The van der Waals surface area contributed by atoms with Crippen molar-refractivity contribution in [3.63, 3.8) is 0 Å². The van der Waals surface area contributed by atoms with Gasteiger partial charge in [-0.2, -0.15) is 0 Å². The molecule has 0 radical (unpaired) electrons. The molecule has 1 aromatic heterocycles. The minimum absolute atomic E-state index is 0.315. The summed E-state index contributed by atoms with van der Waals surface area (Å²) in [4.78, 5) is 11.1. The van der Waals surface area contributed by atoms with E-state index in [1.165, 1.54) is 0 Å². The van der Waals surface area contributed by atoms with E-state index in [0.717, 1.165) is 0 Å². The molecule has 0 saturated carbocycles. The maximum atomic E-state index is 11.1.